The summed E-state index contributed by atoms with van der Waals surface area (Å²) in [7, 11) is 0. The molecular formula is C23H20FN3O. The molecule has 3 aromatic carbocycles. The Labute approximate surface area is 162 Å². The zero-order valence-electron chi connectivity index (χ0n) is 15.5. The van der Waals surface area contributed by atoms with Crippen LogP contribution in [0.25, 0.3) is 10.9 Å². The number of carbonyl (C=O) groups is 1. The van der Waals surface area contributed by atoms with E-state index in [-0.39, 0.29) is 17.8 Å². The Bertz CT molecular complexity index is 1100. The Morgan fingerprint density at radius 3 is 2.57 bits per heavy atom. The second-order valence-electron chi connectivity index (χ2n) is 6.81. The van der Waals surface area contributed by atoms with Gasteiger partial charge in [0, 0.05) is 10.9 Å². The van der Waals surface area contributed by atoms with E-state index in [2.05, 4.69) is 10.4 Å². The third-order valence-corrected chi connectivity index (χ3v) is 4.80. The largest absolute Gasteiger partial charge is 0.346 e. The summed E-state index contributed by atoms with van der Waals surface area (Å²) in [5, 5.41) is 8.40. The van der Waals surface area contributed by atoms with Crippen LogP contribution in [0.3, 0.4) is 0 Å². The summed E-state index contributed by atoms with van der Waals surface area (Å²) in [5.41, 5.74) is 3.44. The summed E-state index contributed by atoms with van der Waals surface area (Å²) in [4.78, 5) is 12.7. The lowest BCUT2D eigenvalue weighted by Crippen LogP contribution is -2.26. The van der Waals surface area contributed by atoms with Gasteiger partial charge in [-0.1, -0.05) is 48.5 Å². The van der Waals surface area contributed by atoms with Crippen molar-refractivity contribution < 1.29 is 9.18 Å². The zero-order chi connectivity index (χ0) is 19.5. The third kappa shape index (κ3) is 3.78. The van der Waals surface area contributed by atoms with Crippen LogP contribution in [-0.2, 0) is 6.54 Å². The van der Waals surface area contributed by atoms with E-state index in [1.54, 1.807) is 24.4 Å². The average Bonchev–Trinajstić information content (AvgIpc) is 3.12. The monoisotopic (exact) mass is 373 g/mol. The van der Waals surface area contributed by atoms with Gasteiger partial charge in [0.05, 0.1) is 24.3 Å². The molecule has 1 amide bonds. The highest BCUT2D eigenvalue weighted by molar-refractivity contribution is 5.98. The molecule has 0 spiro atoms. The van der Waals surface area contributed by atoms with Crippen molar-refractivity contribution in [2.75, 3.05) is 0 Å². The Kier molecular flexibility index (Phi) is 4.89. The highest BCUT2D eigenvalue weighted by atomic mass is 19.1. The van der Waals surface area contributed by atoms with Crippen molar-refractivity contribution in [3.63, 3.8) is 0 Å². The van der Waals surface area contributed by atoms with Crippen LogP contribution in [0, 0.1) is 5.82 Å². The van der Waals surface area contributed by atoms with Gasteiger partial charge in [-0.05, 0) is 42.3 Å². The fraction of sp³-hybridized carbons (Fsp3) is 0.130. The van der Waals surface area contributed by atoms with Crippen LogP contribution in [0.2, 0.25) is 0 Å². The minimum atomic E-state index is -0.263. The van der Waals surface area contributed by atoms with E-state index in [4.69, 9.17) is 0 Å². The molecule has 4 rings (SSSR count). The van der Waals surface area contributed by atoms with Gasteiger partial charge in [0.2, 0.25) is 0 Å². The van der Waals surface area contributed by atoms with E-state index < -0.39 is 0 Å². The summed E-state index contributed by atoms with van der Waals surface area (Å²) in [6.45, 7) is 2.47. The first-order valence-electron chi connectivity index (χ1n) is 9.16. The van der Waals surface area contributed by atoms with Crippen LogP contribution < -0.4 is 5.32 Å². The van der Waals surface area contributed by atoms with Gasteiger partial charge in [0.1, 0.15) is 5.82 Å². The molecule has 0 fully saturated rings. The van der Waals surface area contributed by atoms with Crippen molar-refractivity contribution in [1.82, 2.24) is 15.1 Å². The van der Waals surface area contributed by atoms with E-state index in [9.17, 15) is 9.18 Å². The fourth-order valence-electron chi connectivity index (χ4n) is 3.21. The zero-order valence-corrected chi connectivity index (χ0v) is 15.5. The van der Waals surface area contributed by atoms with Gasteiger partial charge in [-0.15, -0.1) is 0 Å². The molecule has 0 radical (unpaired) electrons. The lowest BCUT2D eigenvalue weighted by atomic mass is 10.1. The number of rotatable bonds is 5. The Hall–Kier alpha value is -3.47. The van der Waals surface area contributed by atoms with Gasteiger partial charge in [0.25, 0.3) is 5.91 Å². The molecule has 28 heavy (non-hydrogen) atoms. The van der Waals surface area contributed by atoms with Crippen LogP contribution in [0.15, 0.2) is 79.0 Å². The smallest absolute Gasteiger partial charge is 0.251 e. The molecule has 1 N–H and O–H groups in total. The minimum absolute atomic E-state index is 0.0893. The highest BCUT2D eigenvalue weighted by Crippen LogP contribution is 2.19. The number of amides is 1. The topological polar surface area (TPSA) is 46.9 Å². The van der Waals surface area contributed by atoms with Crippen LogP contribution in [0.1, 0.15) is 34.5 Å². The average molecular weight is 373 g/mol. The first-order chi connectivity index (χ1) is 13.6. The Morgan fingerprint density at radius 1 is 1.07 bits per heavy atom. The van der Waals surface area contributed by atoms with Crippen molar-refractivity contribution in [3.05, 3.63) is 102 Å². The molecule has 4 nitrogen and oxygen atoms in total. The van der Waals surface area contributed by atoms with E-state index in [0.717, 1.165) is 22.0 Å². The Balaban J connectivity index is 1.56. The molecule has 140 valence electrons. The van der Waals surface area contributed by atoms with Gasteiger partial charge < -0.3 is 5.32 Å². The molecule has 0 aliphatic rings. The minimum Gasteiger partial charge on any atom is -0.346 e. The molecule has 1 heterocycles. The maximum absolute atomic E-state index is 13.1. The fourth-order valence-corrected chi connectivity index (χ4v) is 3.21. The van der Waals surface area contributed by atoms with Gasteiger partial charge in [-0.3, -0.25) is 9.48 Å². The number of aromatic nitrogens is 2. The van der Waals surface area contributed by atoms with E-state index in [0.29, 0.717) is 12.1 Å². The number of carbonyl (C=O) groups excluding carboxylic acids is 1. The SMILES string of the molecule is C[C@H](NC(=O)c1ccc2cnn(Cc3ccc(F)cc3)c2c1)c1ccccc1. The van der Waals surface area contributed by atoms with Gasteiger partial charge in [-0.25, -0.2) is 4.39 Å². The van der Waals surface area contributed by atoms with Gasteiger partial charge in [-0.2, -0.15) is 5.10 Å². The number of halogens is 1. The molecule has 0 aliphatic heterocycles. The summed E-state index contributed by atoms with van der Waals surface area (Å²) in [6, 6.07) is 21.7. The summed E-state index contributed by atoms with van der Waals surface area (Å²) in [6.07, 6.45) is 1.77. The predicted octanol–water partition coefficient (Wildman–Crippen LogP) is 4.71. The molecule has 0 bridgehead atoms. The number of hydrogen-bond donors (Lipinski definition) is 1. The van der Waals surface area contributed by atoms with E-state index in [1.165, 1.54) is 12.1 Å². The molecule has 0 aliphatic carbocycles. The van der Waals surface area contributed by atoms with Crippen LogP contribution >= 0.6 is 0 Å². The number of nitrogens with zero attached hydrogens (tertiary/aromatic N) is 2. The van der Waals surface area contributed by atoms with E-state index >= 15 is 0 Å². The van der Waals surface area contributed by atoms with Crippen LogP contribution in [0.5, 0.6) is 0 Å². The van der Waals surface area contributed by atoms with Crippen molar-refractivity contribution in [3.8, 4) is 0 Å². The summed E-state index contributed by atoms with van der Waals surface area (Å²) < 4.78 is 14.9. The predicted molar refractivity (Wildman–Crippen MR) is 108 cm³/mol. The summed E-state index contributed by atoms with van der Waals surface area (Å²) in [5.74, 6) is -0.395. The molecule has 0 saturated heterocycles. The van der Waals surface area contributed by atoms with Crippen molar-refractivity contribution in [1.29, 1.82) is 0 Å². The molecular weight excluding hydrogens is 353 g/mol. The highest BCUT2D eigenvalue weighted by Gasteiger charge is 2.13. The normalized spacial score (nSPS) is 12.1. The first-order valence-corrected chi connectivity index (χ1v) is 9.16. The maximum Gasteiger partial charge on any atom is 0.251 e. The standard InChI is InChI=1S/C23H20FN3O/c1-16(18-5-3-2-4-6-18)26-23(28)19-9-10-20-14-25-27(22(20)13-19)15-17-7-11-21(24)12-8-17/h2-14,16H,15H2,1H3,(H,26,28)/t16-/m0/s1. The van der Waals surface area contributed by atoms with E-state index in [1.807, 2.05) is 54.1 Å². The van der Waals surface area contributed by atoms with Crippen LogP contribution in [0.4, 0.5) is 4.39 Å². The number of benzene rings is 3. The summed E-state index contributed by atoms with van der Waals surface area (Å²) >= 11 is 0. The Morgan fingerprint density at radius 2 is 1.82 bits per heavy atom. The van der Waals surface area contributed by atoms with Crippen molar-refractivity contribution >= 4 is 16.8 Å². The molecule has 1 atom stereocenters. The van der Waals surface area contributed by atoms with Gasteiger partial charge in [0.15, 0.2) is 0 Å². The maximum atomic E-state index is 13.1. The van der Waals surface area contributed by atoms with Gasteiger partial charge >= 0.3 is 0 Å². The second kappa shape index (κ2) is 7.64. The number of nitrogens with one attached hydrogen (secondary N) is 1. The number of hydrogen-bond acceptors (Lipinski definition) is 2. The number of fused-ring (bicyclic) bond motifs is 1. The lowest BCUT2D eigenvalue weighted by molar-refractivity contribution is 0.0940. The van der Waals surface area contributed by atoms with Crippen molar-refractivity contribution in [2.24, 2.45) is 0 Å². The molecule has 5 heteroatoms. The first kappa shape index (κ1) is 17.9. The van der Waals surface area contributed by atoms with Crippen LogP contribution in [-0.4, -0.2) is 15.7 Å². The molecule has 4 aromatic rings. The molecule has 0 unspecified atom stereocenters. The molecule has 0 saturated carbocycles. The second-order valence-corrected chi connectivity index (χ2v) is 6.81. The molecule has 1 aromatic heterocycles. The quantitative estimate of drug-likeness (QED) is 0.550. The third-order valence-electron chi connectivity index (χ3n) is 4.80. The van der Waals surface area contributed by atoms with Crippen molar-refractivity contribution in [2.45, 2.75) is 19.5 Å². The lowest BCUT2D eigenvalue weighted by Gasteiger charge is -2.14.